The molecule has 1 aromatic heterocycles. The van der Waals surface area contributed by atoms with E-state index in [9.17, 15) is 10.0 Å². The summed E-state index contributed by atoms with van der Waals surface area (Å²) < 4.78 is -1.01. The Morgan fingerprint density at radius 2 is 1.74 bits per heavy atom. The van der Waals surface area contributed by atoms with Gasteiger partial charge in [-0.25, -0.2) is 20.0 Å². The highest BCUT2D eigenvalue weighted by molar-refractivity contribution is 6.45. The molecule has 0 aliphatic rings. The summed E-state index contributed by atoms with van der Waals surface area (Å²) in [6.45, 7) is 0. The number of carbonyl (C=O) groups excluding carboxylic acids is 1. The molecule has 0 radical (unpaired) electrons. The summed E-state index contributed by atoms with van der Waals surface area (Å²) in [6, 6.07) is 2.94. The van der Waals surface area contributed by atoms with Crippen LogP contribution >= 0.6 is 34.8 Å². The van der Waals surface area contributed by atoms with Crippen LogP contribution in [-0.4, -0.2) is 39.8 Å². The van der Waals surface area contributed by atoms with Gasteiger partial charge in [0.1, 0.15) is 19.8 Å². The fourth-order valence-corrected chi connectivity index (χ4v) is 2.50. The van der Waals surface area contributed by atoms with Gasteiger partial charge in [-0.1, -0.05) is 34.8 Å². The van der Waals surface area contributed by atoms with Crippen LogP contribution in [0.3, 0.4) is 0 Å². The predicted molar refractivity (Wildman–Crippen MR) is 89.5 cm³/mol. The van der Waals surface area contributed by atoms with Gasteiger partial charge in [0.05, 0.1) is 10.0 Å². The molecule has 0 unspecified atom stereocenters. The highest BCUT2D eigenvalue weighted by atomic mass is 35.5. The van der Waals surface area contributed by atoms with E-state index in [0.717, 1.165) is 0 Å². The molecule has 7 nitrogen and oxygen atoms in total. The lowest BCUT2D eigenvalue weighted by Crippen LogP contribution is -2.43. The minimum Gasteiger partial charge on any atom is -0.382 e. The van der Waals surface area contributed by atoms with E-state index in [4.69, 9.17) is 46.3 Å². The number of quaternary nitrogens is 1. The van der Waals surface area contributed by atoms with Crippen molar-refractivity contribution >= 4 is 52.3 Å². The Bertz CT molecular complexity index is 805. The van der Waals surface area contributed by atoms with E-state index < -0.39 is 10.6 Å². The number of benzene rings is 1. The molecule has 0 aliphatic carbocycles. The number of hydrogen-bond acceptors (Lipinski definition) is 6. The van der Waals surface area contributed by atoms with Gasteiger partial charge in [0, 0.05) is 10.6 Å². The number of rotatable bonds is 2. The normalized spacial score (nSPS) is 11.6. The van der Waals surface area contributed by atoms with Gasteiger partial charge in [-0.3, -0.25) is 0 Å². The predicted octanol–water partition coefficient (Wildman–Crippen LogP) is 2.87. The Labute approximate surface area is 146 Å². The van der Waals surface area contributed by atoms with Crippen LogP contribution in [-0.2, 0) is 0 Å². The van der Waals surface area contributed by atoms with E-state index >= 15 is 0 Å². The van der Waals surface area contributed by atoms with Gasteiger partial charge in [0.2, 0.25) is 5.69 Å². The molecule has 1 aromatic carbocycles. The van der Waals surface area contributed by atoms with Crippen molar-refractivity contribution in [2.45, 2.75) is 0 Å². The third-order valence-corrected chi connectivity index (χ3v) is 3.92. The molecule has 23 heavy (non-hydrogen) atoms. The van der Waals surface area contributed by atoms with Crippen LogP contribution < -0.4 is 11.5 Å². The van der Waals surface area contributed by atoms with Crippen molar-refractivity contribution < 1.29 is 14.6 Å². The van der Waals surface area contributed by atoms with Crippen molar-refractivity contribution in [1.29, 1.82) is 0 Å². The van der Waals surface area contributed by atoms with Crippen molar-refractivity contribution in [3.8, 4) is 11.3 Å². The average Bonchev–Trinajstić information content (AvgIpc) is 2.41. The van der Waals surface area contributed by atoms with E-state index in [1.54, 1.807) is 0 Å². The van der Waals surface area contributed by atoms with Crippen molar-refractivity contribution in [2.24, 2.45) is 0 Å². The number of carbonyl (C=O) groups is 1. The van der Waals surface area contributed by atoms with E-state index in [-0.39, 0.29) is 33.1 Å². The van der Waals surface area contributed by atoms with Crippen LogP contribution in [0.25, 0.3) is 11.3 Å². The Morgan fingerprint density at radius 3 is 2.30 bits per heavy atom. The Morgan fingerprint density at radius 1 is 1.13 bits per heavy atom. The minimum atomic E-state index is -1.01. The second kappa shape index (κ2) is 6.10. The lowest BCUT2D eigenvalue weighted by Gasteiger charge is -2.17. The molecule has 1 amide bonds. The number of halogens is 3. The summed E-state index contributed by atoms with van der Waals surface area (Å²) in [6.07, 6.45) is 0. The summed E-state index contributed by atoms with van der Waals surface area (Å²) in [5.74, 6) is -1.02. The third kappa shape index (κ3) is 3.49. The van der Waals surface area contributed by atoms with E-state index in [1.807, 2.05) is 0 Å². The first-order valence-electron chi connectivity index (χ1n) is 6.22. The molecule has 0 spiro atoms. The van der Waals surface area contributed by atoms with Gasteiger partial charge in [-0.05, 0) is 12.1 Å². The number of amides is 1. The molecule has 2 aromatic rings. The SMILES string of the molecule is C[N+](C)(O)C(=O)c1nc(-c2cc(Cl)cc(Cl)c2Cl)c(N)nc1N. The molecule has 0 bridgehead atoms. The molecule has 0 atom stereocenters. The Hall–Kier alpha value is -1.64. The molecule has 1 heterocycles. The molecular weight excluding hydrogens is 365 g/mol. The number of nitrogens with zero attached hydrogens (tertiary/aromatic N) is 3. The lowest BCUT2D eigenvalue weighted by atomic mass is 10.1. The lowest BCUT2D eigenvalue weighted by molar-refractivity contribution is -1.00. The fourth-order valence-electron chi connectivity index (χ4n) is 1.81. The molecule has 5 N–H and O–H groups in total. The van der Waals surface area contributed by atoms with Gasteiger partial charge in [0.25, 0.3) is 0 Å². The number of aromatic nitrogens is 2. The summed E-state index contributed by atoms with van der Waals surface area (Å²) >= 11 is 18.1. The second-order valence-electron chi connectivity index (χ2n) is 5.14. The minimum absolute atomic E-state index is 0.0532. The first-order valence-corrected chi connectivity index (χ1v) is 7.35. The Kier molecular flexibility index (Phi) is 4.70. The first-order chi connectivity index (χ1) is 10.5. The summed E-state index contributed by atoms with van der Waals surface area (Å²) in [7, 11) is 2.51. The maximum Gasteiger partial charge on any atom is 0.399 e. The number of hydroxylamine groups is 3. The fraction of sp³-hybridized carbons (Fsp3) is 0.154. The quantitative estimate of drug-likeness (QED) is 0.321. The van der Waals surface area contributed by atoms with Crippen molar-refractivity contribution in [3.05, 3.63) is 32.9 Å². The maximum atomic E-state index is 12.2. The topological polar surface area (TPSA) is 115 Å². The molecule has 0 aliphatic heterocycles. The first kappa shape index (κ1) is 17.7. The van der Waals surface area contributed by atoms with Gasteiger partial charge in [-0.2, -0.15) is 0 Å². The van der Waals surface area contributed by atoms with Gasteiger partial charge in [-0.15, -0.1) is 4.65 Å². The maximum absolute atomic E-state index is 12.2. The molecule has 0 saturated heterocycles. The van der Waals surface area contributed by atoms with Crippen molar-refractivity contribution in [1.82, 2.24) is 9.97 Å². The summed E-state index contributed by atoms with van der Waals surface area (Å²) in [4.78, 5) is 20.2. The van der Waals surface area contributed by atoms with E-state index in [0.29, 0.717) is 10.6 Å². The highest BCUT2D eigenvalue weighted by Crippen LogP contribution is 2.38. The molecule has 0 saturated carbocycles. The van der Waals surface area contributed by atoms with E-state index in [1.165, 1.54) is 26.2 Å². The molecule has 0 fully saturated rings. The van der Waals surface area contributed by atoms with Crippen molar-refractivity contribution in [3.63, 3.8) is 0 Å². The second-order valence-corrected chi connectivity index (χ2v) is 6.36. The molecular formula is C13H13Cl3N5O2+. The summed E-state index contributed by atoms with van der Waals surface area (Å²) in [5.41, 5.74) is 11.7. The van der Waals surface area contributed by atoms with Crippen LogP contribution in [0.4, 0.5) is 11.6 Å². The van der Waals surface area contributed by atoms with Crippen LogP contribution in [0.2, 0.25) is 15.1 Å². The average molecular weight is 378 g/mol. The summed E-state index contributed by atoms with van der Waals surface area (Å²) in [5, 5.41) is 10.5. The van der Waals surface area contributed by atoms with Crippen LogP contribution in [0.15, 0.2) is 12.1 Å². The number of anilines is 2. The molecule has 122 valence electrons. The largest absolute Gasteiger partial charge is 0.399 e. The van der Waals surface area contributed by atoms with Gasteiger partial charge < -0.3 is 11.5 Å². The molecule has 2 rings (SSSR count). The van der Waals surface area contributed by atoms with Crippen LogP contribution in [0.5, 0.6) is 0 Å². The van der Waals surface area contributed by atoms with Crippen LogP contribution in [0.1, 0.15) is 10.5 Å². The van der Waals surface area contributed by atoms with Gasteiger partial charge >= 0.3 is 5.91 Å². The van der Waals surface area contributed by atoms with Crippen molar-refractivity contribution in [2.75, 3.05) is 25.6 Å². The molecule has 10 heteroatoms. The number of hydrogen-bond donors (Lipinski definition) is 3. The van der Waals surface area contributed by atoms with Crippen LogP contribution in [0, 0.1) is 0 Å². The standard InChI is InChI=1S/C13H12Cl3N5O2/c1-21(2,23)13(22)10-12(18)20-11(17)9(19-10)6-3-5(14)4-7(15)8(6)16/h3-4,23H,1-2H3,(H3-,17,18,20,22)/p+1. The van der Waals surface area contributed by atoms with Gasteiger partial charge in [0.15, 0.2) is 11.6 Å². The highest BCUT2D eigenvalue weighted by Gasteiger charge is 2.32. The number of nitrogens with two attached hydrogens (primary N) is 2. The third-order valence-electron chi connectivity index (χ3n) is 2.90. The number of nitrogen functional groups attached to an aromatic ring is 2. The zero-order valence-corrected chi connectivity index (χ0v) is 14.4. The Balaban J connectivity index is 2.73. The smallest absolute Gasteiger partial charge is 0.382 e. The zero-order valence-electron chi connectivity index (χ0n) is 12.1. The zero-order chi connectivity index (χ0) is 17.5. The monoisotopic (exact) mass is 376 g/mol. The van der Waals surface area contributed by atoms with E-state index in [2.05, 4.69) is 9.97 Å².